The molecule has 6 nitrogen and oxygen atoms in total. The lowest BCUT2D eigenvalue weighted by molar-refractivity contribution is -0.124. The molecule has 1 atom stereocenters. The third-order valence-corrected chi connectivity index (χ3v) is 7.15. The molecule has 5 rings (SSSR count). The Balaban J connectivity index is 1.53. The number of hydrogen-bond donors (Lipinski definition) is 1. The van der Waals surface area contributed by atoms with Crippen molar-refractivity contribution in [1.82, 2.24) is 0 Å². The van der Waals surface area contributed by atoms with Crippen LogP contribution in [0.5, 0.6) is 0 Å². The lowest BCUT2D eigenvalue weighted by atomic mass is 10.0. The molecule has 1 saturated heterocycles. The SMILES string of the molecule is O=C(CN1C(=O)[C@]2(SCC(=O)N2c2ccc(Cl)cc2)c2ccccc21)Nc1ccccc1. The summed E-state index contributed by atoms with van der Waals surface area (Å²) in [5, 5.41) is 3.36. The molecule has 0 aliphatic carbocycles. The zero-order valence-corrected chi connectivity index (χ0v) is 18.4. The summed E-state index contributed by atoms with van der Waals surface area (Å²) in [5.74, 6) is -0.639. The van der Waals surface area contributed by atoms with E-state index in [9.17, 15) is 14.4 Å². The highest BCUT2D eigenvalue weighted by Crippen LogP contribution is 2.55. The van der Waals surface area contributed by atoms with Gasteiger partial charge in [0.2, 0.25) is 16.7 Å². The highest BCUT2D eigenvalue weighted by atomic mass is 35.5. The van der Waals surface area contributed by atoms with Gasteiger partial charge in [-0.3, -0.25) is 24.2 Å². The molecule has 32 heavy (non-hydrogen) atoms. The first-order chi connectivity index (χ1) is 15.5. The van der Waals surface area contributed by atoms with Crippen molar-refractivity contribution in [2.24, 2.45) is 0 Å². The topological polar surface area (TPSA) is 69.7 Å². The number of nitrogens with one attached hydrogen (secondary N) is 1. The van der Waals surface area contributed by atoms with Crippen molar-refractivity contribution in [3.05, 3.63) is 89.4 Å². The fraction of sp³-hybridized carbons (Fsp3) is 0.125. The maximum Gasteiger partial charge on any atom is 0.269 e. The Labute approximate surface area is 194 Å². The second-order valence-electron chi connectivity index (χ2n) is 7.46. The van der Waals surface area contributed by atoms with E-state index in [1.54, 1.807) is 42.5 Å². The number of hydrogen-bond acceptors (Lipinski definition) is 4. The van der Waals surface area contributed by atoms with Crippen molar-refractivity contribution in [2.75, 3.05) is 27.4 Å². The zero-order chi connectivity index (χ0) is 22.3. The van der Waals surface area contributed by atoms with Crippen LogP contribution in [0, 0.1) is 0 Å². The number of nitrogens with zero attached hydrogens (tertiary/aromatic N) is 2. The number of halogens is 1. The van der Waals surface area contributed by atoms with Crippen molar-refractivity contribution in [3.8, 4) is 0 Å². The number of benzene rings is 3. The third-order valence-electron chi connectivity index (χ3n) is 5.51. The molecular weight excluding hydrogens is 446 g/mol. The molecule has 3 aromatic carbocycles. The van der Waals surface area contributed by atoms with Crippen molar-refractivity contribution >= 4 is 58.1 Å². The van der Waals surface area contributed by atoms with Crippen molar-refractivity contribution in [2.45, 2.75) is 4.87 Å². The summed E-state index contributed by atoms with van der Waals surface area (Å²) in [6.07, 6.45) is 0. The van der Waals surface area contributed by atoms with Gasteiger partial charge in [-0.25, -0.2) is 0 Å². The summed E-state index contributed by atoms with van der Waals surface area (Å²) in [5.41, 5.74) is 2.56. The van der Waals surface area contributed by atoms with Crippen LogP contribution >= 0.6 is 23.4 Å². The Kier molecular flexibility index (Phi) is 5.15. The summed E-state index contributed by atoms with van der Waals surface area (Å²) in [6.45, 7) is -0.157. The normalized spacial score (nSPS) is 19.5. The molecular formula is C24H18ClN3O3S. The van der Waals surface area contributed by atoms with Crippen LogP contribution in [0.25, 0.3) is 0 Å². The molecule has 0 unspecified atom stereocenters. The largest absolute Gasteiger partial charge is 0.325 e. The maximum atomic E-state index is 13.9. The van der Waals surface area contributed by atoms with Gasteiger partial charge in [0.05, 0.1) is 11.4 Å². The Morgan fingerprint density at radius 1 is 0.969 bits per heavy atom. The number of thioether (sulfide) groups is 1. The summed E-state index contributed by atoms with van der Waals surface area (Å²) >= 11 is 7.31. The molecule has 0 radical (unpaired) electrons. The molecule has 1 fully saturated rings. The first kappa shape index (κ1) is 20.6. The van der Waals surface area contributed by atoms with Gasteiger partial charge >= 0.3 is 0 Å². The minimum absolute atomic E-state index is 0.157. The number of carbonyl (C=O) groups excluding carboxylic acids is 3. The second kappa shape index (κ2) is 8.00. The molecule has 2 aliphatic heterocycles. The van der Waals surface area contributed by atoms with E-state index in [4.69, 9.17) is 11.6 Å². The quantitative estimate of drug-likeness (QED) is 0.627. The fourth-order valence-electron chi connectivity index (χ4n) is 4.17. The average molecular weight is 464 g/mol. The minimum Gasteiger partial charge on any atom is -0.325 e. The summed E-state index contributed by atoms with van der Waals surface area (Å²) < 4.78 is 0. The van der Waals surface area contributed by atoms with E-state index in [1.165, 1.54) is 21.6 Å². The minimum atomic E-state index is -1.26. The highest BCUT2D eigenvalue weighted by molar-refractivity contribution is 8.02. The molecule has 1 spiro atoms. The number of amides is 3. The Bertz CT molecular complexity index is 1220. The monoisotopic (exact) mass is 463 g/mol. The van der Waals surface area contributed by atoms with Crippen molar-refractivity contribution in [3.63, 3.8) is 0 Å². The molecule has 2 aliphatic rings. The van der Waals surface area contributed by atoms with Crippen LogP contribution < -0.4 is 15.1 Å². The Morgan fingerprint density at radius 2 is 1.66 bits per heavy atom. The molecule has 0 saturated carbocycles. The van der Waals surface area contributed by atoms with Gasteiger partial charge in [0, 0.05) is 22.0 Å². The van der Waals surface area contributed by atoms with Gasteiger partial charge in [0.1, 0.15) is 6.54 Å². The molecule has 3 amide bonds. The first-order valence-electron chi connectivity index (χ1n) is 9.99. The van der Waals surface area contributed by atoms with Crippen LogP contribution in [0.15, 0.2) is 78.9 Å². The van der Waals surface area contributed by atoms with Crippen LogP contribution in [0.1, 0.15) is 5.56 Å². The average Bonchev–Trinajstić information content (AvgIpc) is 3.26. The van der Waals surface area contributed by atoms with Crippen LogP contribution in [0.4, 0.5) is 17.1 Å². The predicted octanol–water partition coefficient (Wildman–Crippen LogP) is 4.26. The number of rotatable bonds is 4. The van der Waals surface area contributed by atoms with Crippen LogP contribution in [0.2, 0.25) is 5.02 Å². The number of carbonyl (C=O) groups is 3. The van der Waals surface area contributed by atoms with Gasteiger partial charge in [-0.15, -0.1) is 11.8 Å². The Hall–Kier alpha value is -3.29. The Morgan fingerprint density at radius 3 is 2.41 bits per heavy atom. The predicted molar refractivity (Wildman–Crippen MR) is 127 cm³/mol. The van der Waals surface area contributed by atoms with Gasteiger partial charge in [-0.1, -0.05) is 48.0 Å². The van der Waals surface area contributed by atoms with E-state index in [0.29, 0.717) is 27.6 Å². The van der Waals surface area contributed by atoms with E-state index in [1.807, 2.05) is 36.4 Å². The maximum absolute atomic E-state index is 13.9. The van der Waals surface area contributed by atoms with Gasteiger partial charge in [0.25, 0.3) is 5.91 Å². The van der Waals surface area contributed by atoms with Crippen LogP contribution in [-0.2, 0) is 19.3 Å². The lowest BCUT2D eigenvalue weighted by Gasteiger charge is -2.33. The van der Waals surface area contributed by atoms with Crippen molar-refractivity contribution < 1.29 is 14.4 Å². The third kappa shape index (κ3) is 3.25. The van der Waals surface area contributed by atoms with Gasteiger partial charge in [-0.05, 0) is 42.5 Å². The zero-order valence-electron chi connectivity index (χ0n) is 16.8. The molecule has 0 aromatic heterocycles. The van der Waals surface area contributed by atoms with Gasteiger partial charge < -0.3 is 5.32 Å². The summed E-state index contributed by atoms with van der Waals surface area (Å²) in [6, 6.07) is 23.2. The molecule has 3 aromatic rings. The van der Waals surface area contributed by atoms with E-state index in [-0.39, 0.29) is 30.0 Å². The van der Waals surface area contributed by atoms with Gasteiger partial charge in [0.15, 0.2) is 0 Å². The summed E-state index contributed by atoms with van der Waals surface area (Å²) in [7, 11) is 0. The molecule has 1 N–H and O–H groups in total. The number of fused-ring (bicyclic) bond motifs is 2. The van der Waals surface area contributed by atoms with E-state index in [2.05, 4.69) is 5.32 Å². The molecule has 2 heterocycles. The number of anilines is 3. The van der Waals surface area contributed by atoms with Crippen LogP contribution in [-0.4, -0.2) is 30.0 Å². The lowest BCUT2D eigenvalue weighted by Crippen LogP contribution is -2.50. The highest BCUT2D eigenvalue weighted by Gasteiger charge is 2.61. The number of para-hydroxylation sites is 2. The molecule has 0 bridgehead atoms. The summed E-state index contributed by atoms with van der Waals surface area (Å²) in [4.78, 5) is 41.4. The fourth-order valence-corrected chi connectivity index (χ4v) is 5.65. The second-order valence-corrected chi connectivity index (χ2v) is 9.07. The standard InChI is InChI=1S/C24H18ClN3O3S/c25-16-10-12-18(13-11-16)28-22(30)15-32-24(28)19-8-4-5-9-20(19)27(23(24)31)14-21(29)26-17-6-2-1-3-7-17/h1-13H,14-15H2,(H,26,29)/t24-/m1/s1. The molecule has 160 valence electrons. The smallest absolute Gasteiger partial charge is 0.269 e. The van der Waals surface area contributed by atoms with Crippen LogP contribution in [0.3, 0.4) is 0 Å². The van der Waals surface area contributed by atoms with Gasteiger partial charge in [-0.2, -0.15) is 0 Å². The van der Waals surface area contributed by atoms with Crippen molar-refractivity contribution in [1.29, 1.82) is 0 Å². The van der Waals surface area contributed by atoms with E-state index in [0.717, 1.165) is 0 Å². The van der Waals surface area contributed by atoms with E-state index >= 15 is 0 Å². The molecule has 8 heteroatoms. The van der Waals surface area contributed by atoms with E-state index < -0.39 is 4.87 Å². The first-order valence-corrected chi connectivity index (χ1v) is 11.4.